The molecule has 1 fully saturated rings. The van der Waals surface area contributed by atoms with E-state index in [0.29, 0.717) is 31.7 Å². The number of anilines is 1. The fraction of sp³-hybridized carbons (Fsp3) is 0.615. The van der Waals surface area contributed by atoms with Crippen molar-refractivity contribution >= 4 is 15.7 Å². The van der Waals surface area contributed by atoms with E-state index in [2.05, 4.69) is 10.3 Å². The Morgan fingerprint density at radius 3 is 2.76 bits per heavy atom. The third-order valence-electron chi connectivity index (χ3n) is 3.68. The van der Waals surface area contributed by atoms with Crippen molar-refractivity contribution in [3.05, 3.63) is 18.5 Å². The molecular weight excluding hydrogens is 294 g/mol. The summed E-state index contributed by atoms with van der Waals surface area (Å²) in [7, 11) is -0.591. The normalized spacial score (nSPS) is 18.7. The molecule has 1 aromatic rings. The summed E-state index contributed by atoms with van der Waals surface area (Å²) in [5, 5.41) is 13.3. The number of pyridine rings is 1. The van der Waals surface area contributed by atoms with Crippen molar-refractivity contribution in [2.24, 2.45) is 0 Å². The van der Waals surface area contributed by atoms with Gasteiger partial charge in [-0.2, -0.15) is 4.31 Å². The molecule has 0 saturated carbocycles. The lowest BCUT2D eigenvalue weighted by Crippen LogP contribution is -2.47. The number of hydrogen-bond acceptors (Lipinski definition) is 6. The summed E-state index contributed by atoms with van der Waals surface area (Å²) in [6, 6.07) is 1.60. The number of nitrogens with one attached hydrogen (secondary N) is 1. The monoisotopic (exact) mass is 315 g/mol. The molecule has 0 amide bonds. The van der Waals surface area contributed by atoms with Crippen molar-refractivity contribution in [3.63, 3.8) is 0 Å². The molecule has 1 aromatic heterocycles. The van der Waals surface area contributed by atoms with Crippen molar-refractivity contribution < 1.29 is 18.3 Å². The highest BCUT2D eigenvalue weighted by atomic mass is 32.2. The summed E-state index contributed by atoms with van der Waals surface area (Å²) in [5.74, 6) is 0. The Kier molecular flexibility index (Phi) is 4.82. The average molecular weight is 315 g/mol. The summed E-state index contributed by atoms with van der Waals surface area (Å²) in [4.78, 5) is 3.98. The van der Waals surface area contributed by atoms with Crippen LogP contribution in [-0.2, 0) is 14.8 Å². The van der Waals surface area contributed by atoms with Crippen molar-refractivity contribution in [2.45, 2.75) is 23.3 Å². The van der Waals surface area contributed by atoms with E-state index in [1.165, 1.54) is 23.7 Å². The van der Waals surface area contributed by atoms with Gasteiger partial charge in [-0.05, 0) is 6.07 Å². The third-order valence-corrected chi connectivity index (χ3v) is 5.51. The van der Waals surface area contributed by atoms with Crippen molar-refractivity contribution in [1.29, 1.82) is 0 Å². The van der Waals surface area contributed by atoms with Crippen LogP contribution < -0.4 is 5.32 Å². The van der Waals surface area contributed by atoms with Gasteiger partial charge in [0.25, 0.3) is 0 Å². The van der Waals surface area contributed by atoms with Crippen LogP contribution in [-0.4, -0.2) is 62.3 Å². The Balaban J connectivity index is 2.22. The first-order chi connectivity index (χ1) is 9.89. The summed E-state index contributed by atoms with van der Waals surface area (Å²) in [6.07, 6.45) is 3.69. The highest BCUT2D eigenvalue weighted by Crippen LogP contribution is 2.26. The lowest BCUT2D eigenvalue weighted by molar-refractivity contribution is -0.0689. The highest BCUT2D eigenvalue weighted by molar-refractivity contribution is 7.89. The molecule has 0 spiro atoms. The first-order valence-corrected chi connectivity index (χ1v) is 8.21. The first-order valence-electron chi connectivity index (χ1n) is 6.77. The van der Waals surface area contributed by atoms with E-state index in [9.17, 15) is 13.5 Å². The molecule has 1 aliphatic heterocycles. The fourth-order valence-corrected chi connectivity index (χ4v) is 3.76. The molecule has 2 rings (SSSR count). The molecule has 0 radical (unpaired) electrons. The predicted octanol–water partition coefficient (Wildman–Crippen LogP) is 0.285. The van der Waals surface area contributed by atoms with Gasteiger partial charge in [0.15, 0.2) is 0 Å². The van der Waals surface area contributed by atoms with Gasteiger partial charge < -0.3 is 15.2 Å². The first kappa shape index (κ1) is 16.2. The highest BCUT2D eigenvalue weighted by Gasteiger charge is 2.35. The summed E-state index contributed by atoms with van der Waals surface area (Å²) in [6.45, 7) is 0.925. The van der Waals surface area contributed by atoms with Gasteiger partial charge in [0.1, 0.15) is 4.90 Å². The van der Waals surface area contributed by atoms with Gasteiger partial charge in [0.2, 0.25) is 10.0 Å². The fourth-order valence-electron chi connectivity index (χ4n) is 2.37. The molecule has 8 heteroatoms. The summed E-state index contributed by atoms with van der Waals surface area (Å²) >= 11 is 0. The standard InChI is InChI=1S/C13H21N3O4S/c1-14-11-3-6-15-9-12(11)21(18,19)16(2)10-13(17)4-7-20-8-5-13/h3,6,9,17H,4-5,7-8,10H2,1-2H3,(H,14,15). The second-order valence-corrected chi connectivity index (χ2v) is 7.23. The number of hydrogen-bond donors (Lipinski definition) is 2. The quantitative estimate of drug-likeness (QED) is 0.811. The molecule has 0 atom stereocenters. The molecule has 2 heterocycles. The summed E-state index contributed by atoms with van der Waals surface area (Å²) < 4.78 is 31.6. The van der Waals surface area contributed by atoms with Crippen molar-refractivity contribution in [2.75, 3.05) is 39.2 Å². The maximum absolute atomic E-state index is 12.6. The number of likely N-dealkylation sites (N-methyl/N-ethyl adjacent to an activating group) is 1. The predicted molar refractivity (Wildman–Crippen MR) is 78.6 cm³/mol. The minimum atomic E-state index is -3.71. The van der Waals surface area contributed by atoms with E-state index in [4.69, 9.17) is 4.74 Å². The van der Waals surface area contributed by atoms with E-state index in [1.807, 2.05) is 0 Å². The number of ether oxygens (including phenoxy) is 1. The molecule has 7 nitrogen and oxygen atoms in total. The SMILES string of the molecule is CNc1ccncc1S(=O)(=O)N(C)CC1(O)CCOCC1. The lowest BCUT2D eigenvalue weighted by Gasteiger charge is -2.35. The van der Waals surface area contributed by atoms with Gasteiger partial charge in [-0.3, -0.25) is 4.98 Å². The third kappa shape index (κ3) is 3.52. The van der Waals surface area contributed by atoms with E-state index in [-0.39, 0.29) is 11.4 Å². The summed E-state index contributed by atoms with van der Waals surface area (Å²) in [5.41, 5.74) is -0.557. The molecule has 118 valence electrons. The Morgan fingerprint density at radius 1 is 1.48 bits per heavy atom. The Hall–Kier alpha value is -1.22. The van der Waals surface area contributed by atoms with E-state index in [0.717, 1.165) is 0 Å². The van der Waals surface area contributed by atoms with E-state index in [1.54, 1.807) is 13.1 Å². The minimum absolute atomic E-state index is 0.0384. The zero-order chi connectivity index (χ0) is 15.5. The molecular formula is C13H21N3O4S. The molecule has 0 aliphatic carbocycles. The van der Waals surface area contributed by atoms with Crippen LogP contribution >= 0.6 is 0 Å². The van der Waals surface area contributed by atoms with Gasteiger partial charge >= 0.3 is 0 Å². The minimum Gasteiger partial charge on any atom is -0.388 e. The van der Waals surface area contributed by atoms with Crippen LogP contribution in [0.1, 0.15) is 12.8 Å². The second kappa shape index (κ2) is 6.27. The van der Waals surface area contributed by atoms with Crippen molar-refractivity contribution in [1.82, 2.24) is 9.29 Å². The zero-order valence-corrected chi connectivity index (χ0v) is 13.1. The van der Waals surface area contributed by atoms with Crippen LogP contribution in [0, 0.1) is 0 Å². The molecule has 2 N–H and O–H groups in total. The molecule has 21 heavy (non-hydrogen) atoms. The number of aliphatic hydroxyl groups is 1. The van der Waals surface area contributed by atoms with Crippen LogP contribution in [0.3, 0.4) is 0 Å². The van der Waals surface area contributed by atoms with Crippen LogP contribution in [0.2, 0.25) is 0 Å². The number of sulfonamides is 1. The Labute approximate surface area is 125 Å². The van der Waals surface area contributed by atoms with Crippen LogP contribution in [0.25, 0.3) is 0 Å². The largest absolute Gasteiger partial charge is 0.388 e. The van der Waals surface area contributed by atoms with Gasteiger partial charge in [0, 0.05) is 59.1 Å². The van der Waals surface area contributed by atoms with Gasteiger partial charge in [-0.25, -0.2) is 8.42 Å². The van der Waals surface area contributed by atoms with E-state index < -0.39 is 15.6 Å². The maximum atomic E-state index is 12.6. The van der Waals surface area contributed by atoms with E-state index >= 15 is 0 Å². The molecule has 0 bridgehead atoms. The molecule has 0 unspecified atom stereocenters. The molecule has 1 aliphatic rings. The maximum Gasteiger partial charge on any atom is 0.246 e. The number of nitrogens with zero attached hydrogens (tertiary/aromatic N) is 2. The molecule has 1 saturated heterocycles. The Bertz CT molecular complexity index is 585. The van der Waals surface area contributed by atoms with Crippen LogP contribution in [0.4, 0.5) is 5.69 Å². The smallest absolute Gasteiger partial charge is 0.246 e. The van der Waals surface area contributed by atoms with Gasteiger partial charge in [-0.15, -0.1) is 0 Å². The van der Waals surface area contributed by atoms with Crippen LogP contribution in [0.15, 0.2) is 23.4 Å². The Morgan fingerprint density at radius 2 is 2.14 bits per heavy atom. The number of aromatic nitrogens is 1. The lowest BCUT2D eigenvalue weighted by atomic mass is 9.95. The number of rotatable bonds is 5. The van der Waals surface area contributed by atoms with Crippen LogP contribution in [0.5, 0.6) is 0 Å². The van der Waals surface area contributed by atoms with Crippen molar-refractivity contribution in [3.8, 4) is 0 Å². The van der Waals surface area contributed by atoms with Gasteiger partial charge in [0.05, 0.1) is 11.3 Å². The van der Waals surface area contributed by atoms with Gasteiger partial charge in [-0.1, -0.05) is 0 Å². The second-order valence-electron chi connectivity index (χ2n) is 5.22. The molecule has 0 aromatic carbocycles. The zero-order valence-electron chi connectivity index (χ0n) is 12.2. The average Bonchev–Trinajstić information content (AvgIpc) is 2.47. The topological polar surface area (TPSA) is 91.8 Å².